The third-order valence-electron chi connectivity index (χ3n) is 4.22. The summed E-state index contributed by atoms with van der Waals surface area (Å²) in [5, 5.41) is 2.18. The number of halogens is 1. The van der Waals surface area contributed by atoms with Crippen molar-refractivity contribution < 1.29 is 18.7 Å². The highest BCUT2D eigenvalue weighted by Crippen LogP contribution is 2.30. The van der Waals surface area contributed by atoms with Crippen molar-refractivity contribution in [3.05, 3.63) is 67.5 Å². The molecule has 0 radical (unpaired) electrons. The first kappa shape index (κ1) is 18.6. The summed E-state index contributed by atoms with van der Waals surface area (Å²) in [6.45, 7) is 0.163. The smallest absolute Gasteiger partial charge is 0.289 e. The second kappa shape index (κ2) is 8.07. The maximum Gasteiger partial charge on any atom is 0.289 e. The Labute approximate surface area is 168 Å². The number of amides is 2. The number of hydrogen-bond acceptors (Lipinski definition) is 6. The molecule has 0 saturated carbocycles. The fraction of sp³-hybridized carbons (Fsp3) is 0.211. The molecule has 2 amide bonds. The number of hydrogen-bond donors (Lipinski definition) is 2. The first-order valence-electron chi connectivity index (χ1n) is 8.63. The molecule has 4 rings (SSSR count). The van der Waals surface area contributed by atoms with E-state index in [1.54, 1.807) is 5.38 Å². The molecular formula is C19H16FN3O3S2. The predicted octanol–water partition coefficient (Wildman–Crippen LogP) is 3.49. The molecular weight excluding hydrogens is 401 g/mol. The second-order valence-electron chi connectivity index (χ2n) is 6.19. The van der Waals surface area contributed by atoms with Gasteiger partial charge in [-0.05, 0) is 55.2 Å². The fourth-order valence-corrected chi connectivity index (χ4v) is 4.67. The Morgan fingerprint density at radius 2 is 1.93 bits per heavy atom. The minimum Gasteiger partial charge on any atom is -0.486 e. The maximum absolute atomic E-state index is 12.9. The molecule has 1 aliphatic carbocycles. The molecule has 28 heavy (non-hydrogen) atoms. The zero-order chi connectivity index (χ0) is 19.5. The van der Waals surface area contributed by atoms with Crippen LogP contribution in [0.3, 0.4) is 0 Å². The molecule has 1 aliphatic rings. The minimum absolute atomic E-state index is 0.163. The minimum atomic E-state index is -0.498. The van der Waals surface area contributed by atoms with Gasteiger partial charge in [-0.3, -0.25) is 20.4 Å². The third kappa shape index (κ3) is 4.20. The standard InChI is InChI=1S/C19H16FN3O3S2/c20-12-4-6-13(7-5-12)26-9-17-21-14(10-27-17)18(24)22-23-19(25)16-8-11-2-1-3-15(11)28-16/h4-8,10H,1-3,9H2,(H,22,24)(H,23,25). The van der Waals surface area contributed by atoms with Gasteiger partial charge in [0.05, 0.1) is 4.88 Å². The molecule has 0 spiro atoms. The van der Waals surface area contributed by atoms with Crippen LogP contribution in [0.1, 0.15) is 42.0 Å². The Balaban J connectivity index is 1.28. The van der Waals surface area contributed by atoms with Crippen molar-refractivity contribution in [1.29, 1.82) is 0 Å². The number of thiophene rings is 1. The van der Waals surface area contributed by atoms with Gasteiger partial charge >= 0.3 is 0 Å². The topological polar surface area (TPSA) is 80.3 Å². The molecule has 2 N–H and O–H groups in total. The quantitative estimate of drug-likeness (QED) is 0.623. The lowest BCUT2D eigenvalue weighted by molar-refractivity contribution is 0.0846. The van der Waals surface area contributed by atoms with Crippen molar-refractivity contribution in [1.82, 2.24) is 15.8 Å². The first-order valence-corrected chi connectivity index (χ1v) is 10.3. The highest BCUT2D eigenvalue weighted by Gasteiger charge is 2.19. The number of fused-ring (bicyclic) bond motifs is 1. The van der Waals surface area contributed by atoms with Gasteiger partial charge < -0.3 is 4.74 Å². The SMILES string of the molecule is O=C(NNC(=O)c1cc2c(s1)CCC2)c1csc(COc2ccc(F)cc2)n1. The second-order valence-corrected chi connectivity index (χ2v) is 8.27. The van der Waals surface area contributed by atoms with Gasteiger partial charge in [-0.15, -0.1) is 22.7 Å². The molecule has 9 heteroatoms. The van der Waals surface area contributed by atoms with Crippen LogP contribution in [0.15, 0.2) is 35.7 Å². The van der Waals surface area contributed by atoms with Crippen LogP contribution >= 0.6 is 22.7 Å². The van der Waals surface area contributed by atoms with E-state index in [-0.39, 0.29) is 24.0 Å². The summed E-state index contributed by atoms with van der Waals surface area (Å²) in [6, 6.07) is 7.54. The van der Waals surface area contributed by atoms with Crippen molar-refractivity contribution in [2.24, 2.45) is 0 Å². The number of nitrogens with one attached hydrogen (secondary N) is 2. The lowest BCUT2D eigenvalue weighted by atomic mass is 10.2. The van der Waals surface area contributed by atoms with Crippen molar-refractivity contribution >= 4 is 34.5 Å². The fourth-order valence-electron chi connectivity index (χ4n) is 2.84. The van der Waals surface area contributed by atoms with E-state index in [4.69, 9.17) is 4.74 Å². The van der Waals surface area contributed by atoms with Crippen LogP contribution in [0, 0.1) is 5.82 Å². The van der Waals surface area contributed by atoms with E-state index in [0.29, 0.717) is 15.6 Å². The largest absolute Gasteiger partial charge is 0.486 e. The van der Waals surface area contributed by atoms with Gasteiger partial charge in [0.1, 0.15) is 28.9 Å². The van der Waals surface area contributed by atoms with Gasteiger partial charge in [0.15, 0.2) is 0 Å². The number of thiazole rings is 1. The summed E-state index contributed by atoms with van der Waals surface area (Å²) >= 11 is 2.74. The van der Waals surface area contributed by atoms with Crippen LogP contribution in [0.4, 0.5) is 4.39 Å². The van der Waals surface area contributed by atoms with E-state index in [9.17, 15) is 14.0 Å². The number of ether oxygens (including phenoxy) is 1. The van der Waals surface area contributed by atoms with Crippen LogP contribution in [0.25, 0.3) is 0 Å². The summed E-state index contributed by atoms with van der Waals surface area (Å²) in [5.41, 5.74) is 6.23. The third-order valence-corrected chi connectivity index (χ3v) is 6.28. The molecule has 3 aromatic rings. The molecule has 2 heterocycles. The van der Waals surface area contributed by atoms with Crippen molar-refractivity contribution in [2.75, 3.05) is 0 Å². The number of nitrogens with zero attached hydrogens (tertiary/aromatic N) is 1. The molecule has 6 nitrogen and oxygen atoms in total. The van der Waals surface area contributed by atoms with Crippen molar-refractivity contribution in [3.63, 3.8) is 0 Å². The normalized spacial score (nSPS) is 12.5. The molecule has 1 aromatic carbocycles. The maximum atomic E-state index is 12.9. The summed E-state index contributed by atoms with van der Waals surface area (Å²) < 4.78 is 18.4. The van der Waals surface area contributed by atoms with Gasteiger partial charge in [0.25, 0.3) is 11.8 Å². The molecule has 0 atom stereocenters. The molecule has 0 fully saturated rings. The lowest BCUT2D eigenvalue weighted by Gasteiger charge is -2.05. The van der Waals surface area contributed by atoms with E-state index in [2.05, 4.69) is 15.8 Å². The molecule has 0 saturated heterocycles. The van der Waals surface area contributed by atoms with Crippen LogP contribution in [-0.2, 0) is 19.4 Å². The number of carbonyl (C=O) groups excluding carboxylic acids is 2. The number of aromatic nitrogens is 1. The Bertz CT molecular complexity index is 992. The van der Waals surface area contributed by atoms with Crippen molar-refractivity contribution in [3.8, 4) is 5.75 Å². The van der Waals surface area contributed by atoms with Gasteiger partial charge in [0.2, 0.25) is 0 Å². The van der Waals surface area contributed by atoms with Gasteiger partial charge in [-0.2, -0.15) is 0 Å². The molecule has 0 bridgehead atoms. The Morgan fingerprint density at radius 3 is 2.71 bits per heavy atom. The highest BCUT2D eigenvalue weighted by atomic mass is 32.1. The number of rotatable bonds is 5. The Hall–Kier alpha value is -2.78. The summed E-state index contributed by atoms with van der Waals surface area (Å²) in [7, 11) is 0. The van der Waals surface area contributed by atoms with Crippen LogP contribution < -0.4 is 15.6 Å². The van der Waals surface area contributed by atoms with E-state index in [0.717, 1.165) is 19.3 Å². The van der Waals surface area contributed by atoms with E-state index < -0.39 is 5.91 Å². The first-order chi connectivity index (χ1) is 13.6. The molecule has 2 aromatic heterocycles. The van der Waals surface area contributed by atoms with E-state index in [1.165, 1.54) is 57.4 Å². The number of carbonyl (C=O) groups is 2. The zero-order valence-corrected chi connectivity index (χ0v) is 16.3. The highest BCUT2D eigenvalue weighted by molar-refractivity contribution is 7.14. The number of aryl methyl sites for hydroxylation is 2. The molecule has 0 unspecified atom stereocenters. The predicted molar refractivity (Wildman–Crippen MR) is 104 cm³/mol. The monoisotopic (exact) mass is 417 g/mol. The lowest BCUT2D eigenvalue weighted by Crippen LogP contribution is -2.41. The van der Waals surface area contributed by atoms with Gasteiger partial charge in [0, 0.05) is 10.3 Å². The van der Waals surface area contributed by atoms with E-state index in [1.807, 2.05) is 6.07 Å². The average molecular weight is 417 g/mol. The summed E-state index contributed by atoms with van der Waals surface area (Å²) in [5.74, 6) is -0.656. The van der Waals surface area contributed by atoms with Gasteiger partial charge in [-0.1, -0.05) is 0 Å². The molecule has 0 aliphatic heterocycles. The zero-order valence-electron chi connectivity index (χ0n) is 14.7. The Morgan fingerprint density at radius 1 is 1.14 bits per heavy atom. The summed E-state index contributed by atoms with van der Waals surface area (Å²) in [4.78, 5) is 30.4. The van der Waals surface area contributed by atoms with Crippen LogP contribution in [0.2, 0.25) is 0 Å². The average Bonchev–Trinajstić information content (AvgIpc) is 3.41. The molecule has 144 valence electrons. The van der Waals surface area contributed by atoms with Crippen LogP contribution in [-0.4, -0.2) is 16.8 Å². The number of hydrazine groups is 1. The van der Waals surface area contributed by atoms with Gasteiger partial charge in [-0.25, -0.2) is 9.37 Å². The van der Waals surface area contributed by atoms with E-state index >= 15 is 0 Å². The summed E-state index contributed by atoms with van der Waals surface area (Å²) in [6.07, 6.45) is 3.16. The van der Waals surface area contributed by atoms with Crippen LogP contribution in [0.5, 0.6) is 5.75 Å². The van der Waals surface area contributed by atoms with Crippen molar-refractivity contribution in [2.45, 2.75) is 25.9 Å². The number of benzene rings is 1. The Kier molecular flexibility index (Phi) is 5.36.